The van der Waals surface area contributed by atoms with Gasteiger partial charge in [-0.3, -0.25) is 4.79 Å². The van der Waals surface area contributed by atoms with E-state index in [9.17, 15) is 4.79 Å². The molecule has 0 N–H and O–H groups in total. The summed E-state index contributed by atoms with van der Waals surface area (Å²) in [5.41, 5.74) is 0. The van der Waals surface area contributed by atoms with Crippen LogP contribution in [0.4, 0.5) is 0 Å². The molecule has 0 bridgehead atoms. The van der Waals surface area contributed by atoms with Crippen molar-refractivity contribution in [3.8, 4) is 0 Å². The van der Waals surface area contributed by atoms with E-state index in [2.05, 4.69) is 14.8 Å². The van der Waals surface area contributed by atoms with Crippen LogP contribution in [-0.2, 0) is 35.5 Å². The normalized spacial score (nSPS) is 18.1. The number of amides is 1. The molecular weight excluding hydrogens is 284 g/mol. The molecule has 118 valence electrons. The highest BCUT2D eigenvalue weighted by atomic mass is 16.5. The Morgan fingerprint density at radius 1 is 1.45 bits per heavy atom. The summed E-state index contributed by atoms with van der Waals surface area (Å²) in [5.74, 6) is 2.49. The fourth-order valence-electron chi connectivity index (χ4n) is 2.85. The summed E-state index contributed by atoms with van der Waals surface area (Å²) in [5, 5.41) is 8.40. The lowest BCUT2D eigenvalue weighted by Gasteiger charge is -2.26. The highest BCUT2D eigenvalue weighted by molar-refractivity contribution is 5.78. The molecule has 1 aliphatic heterocycles. The first kappa shape index (κ1) is 14.8. The quantitative estimate of drug-likeness (QED) is 0.843. The highest BCUT2D eigenvalue weighted by Gasteiger charge is 2.27. The second-order valence-corrected chi connectivity index (χ2v) is 5.51. The van der Waals surface area contributed by atoms with Crippen LogP contribution in [0.1, 0.15) is 24.3 Å². The highest BCUT2D eigenvalue weighted by Crippen LogP contribution is 2.16. The summed E-state index contributed by atoms with van der Waals surface area (Å²) >= 11 is 0. The number of methoxy groups -OCH3 is 1. The van der Waals surface area contributed by atoms with E-state index >= 15 is 0 Å². The Morgan fingerprint density at radius 3 is 3.05 bits per heavy atom. The number of aromatic nitrogens is 3. The molecule has 22 heavy (non-hydrogen) atoms. The van der Waals surface area contributed by atoms with Crippen LogP contribution < -0.4 is 0 Å². The standard InChI is InChI=1S/C15H20N4O3/c1-11-8-13-16-17-14(10-21-2)19(13)6-5-18(11)15(20)9-12-4-3-7-22-12/h3-4,7,11H,5-6,8-10H2,1-2H3/t11-/m1/s1. The van der Waals surface area contributed by atoms with E-state index in [0.29, 0.717) is 38.3 Å². The Kier molecular flexibility index (Phi) is 4.24. The number of ether oxygens (including phenoxy) is 1. The fraction of sp³-hybridized carbons (Fsp3) is 0.533. The van der Waals surface area contributed by atoms with Crippen LogP contribution in [0.15, 0.2) is 22.8 Å². The lowest BCUT2D eigenvalue weighted by Crippen LogP contribution is -2.41. The average Bonchev–Trinajstić information content (AvgIpc) is 3.08. The van der Waals surface area contributed by atoms with Crippen LogP contribution in [0.2, 0.25) is 0 Å². The van der Waals surface area contributed by atoms with Crippen molar-refractivity contribution in [2.45, 2.75) is 39.0 Å². The van der Waals surface area contributed by atoms with Crippen molar-refractivity contribution >= 4 is 5.91 Å². The number of fused-ring (bicyclic) bond motifs is 1. The van der Waals surface area contributed by atoms with E-state index in [-0.39, 0.29) is 11.9 Å². The van der Waals surface area contributed by atoms with Gasteiger partial charge in [-0.05, 0) is 19.1 Å². The molecule has 2 aromatic rings. The average molecular weight is 304 g/mol. The lowest BCUT2D eigenvalue weighted by atomic mass is 10.2. The predicted octanol–water partition coefficient (Wildman–Crippen LogP) is 1.03. The molecule has 3 heterocycles. The largest absolute Gasteiger partial charge is 0.469 e. The van der Waals surface area contributed by atoms with Gasteiger partial charge in [0.15, 0.2) is 5.82 Å². The van der Waals surface area contributed by atoms with E-state index in [1.165, 1.54) is 0 Å². The monoisotopic (exact) mass is 304 g/mol. The van der Waals surface area contributed by atoms with Crippen LogP contribution in [0, 0.1) is 0 Å². The topological polar surface area (TPSA) is 73.4 Å². The summed E-state index contributed by atoms with van der Waals surface area (Å²) in [6.07, 6.45) is 2.58. The molecule has 0 unspecified atom stereocenters. The summed E-state index contributed by atoms with van der Waals surface area (Å²) in [6, 6.07) is 3.71. The summed E-state index contributed by atoms with van der Waals surface area (Å²) < 4.78 is 12.5. The van der Waals surface area contributed by atoms with Gasteiger partial charge in [0.05, 0.1) is 12.7 Å². The molecule has 7 nitrogen and oxygen atoms in total. The van der Waals surface area contributed by atoms with Gasteiger partial charge in [0.25, 0.3) is 0 Å². The Morgan fingerprint density at radius 2 is 2.32 bits per heavy atom. The Balaban J connectivity index is 1.72. The zero-order chi connectivity index (χ0) is 15.5. The number of nitrogens with zero attached hydrogens (tertiary/aromatic N) is 4. The Labute approximate surface area is 128 Å². The first-order chi connectivity index (χ1) is 10.7. The molecule has 0 aliphatic carbocycles. The van der Waals surface area contributed by atoms with Crippen molar-refractivity contribution in [1.29, 1.82) is 0 Å². The van der Waals surface area contributed by atoms with Crippen molar-refractivity contribution in [2.24, 2.45) is 0 Å². The molecule has 0 aromatic carbocycles. The van der Waals surface area contributed by atoms with Crippen molar-refractivity contribution in [3.05, 3.63) is 35.8 Å². The van der Waals surface area contributed by atoms with Crippen molar-refractivity contribution < 1.29 is 13.9 Å². The van der Waals surface area contributed by atoms with Gasteiger partial charge < -0.3 is 18.6 Å². The third-order valence-electron chi connectivity index (χ3n) is 3.98. The lowest BCUT2D eigenvalue weighted by molar-refractivity contribution is -0.132. The molecule has 7 heteroatoms. The molecular formula is C15H20N4O3. The maximum atomic E-state index is 12.5. The molecule has 1 aliphatic rings. The van der Waals surface area contributed by atoms with E-state index in [1.54, 1.807) is 19.4 Å². The molecule has 1 amide bonds. The molecule has 0 saturated heterocycles. The van der Waals surface area contributed by atoms with E-state index in [0.717, 1.165) is 11.6 Å². The second kappa shape index (κ2) is 6.31. The number of carbonyl (C=O) groups excluding carboxylic acids is 1. The van der Waals surface area contributed by atoms with Crippen molar-refractivity contribution in [3.63, 3.8) is 0 Å². The first-order valence-electron chi connectivity index (χ1n) is 7.40. The minimum atomic E-state index is 0.0782. The Hall–Kier alpha value is -2.15. The van der Waals surface area contributed by atoms with Gasteiger partial charge in [0, 0.05) is 32.7 Å². The van der Waals surface area contributed by atoms with Crippen molar-refractivity contribution in [2.75, 3.05) is 13.7 Å². The number of rotatable bonds is 4. The van der Waals surface area contributed by atoms with Crippen LogP contribution >= 0.6 is 0 Å². The zero-order valence-corrected chi connectivity index (χ0v) is 12.9. The Bertz CT molecular complexity index is 635. The van der Waals surface area contributed by atoms with Crippen LogP contribution in [0.25, 0.3) is 0 Å². The maximum Gasteiger partial charge on any atom is 0.230 e. The molecule has 0 saturated carbocycles. The predicted molar refractivity (Wildman–Crippen MR) is 78.0 cm³/mol. The second-order valence-electron chi connectivity index (χ2n) is 5.51. The van der Waals surface area contributed by atoms with Gasteiger partial charge in [-0.15, -0.1) is 10.2 Å². The van der Waals surface area contributed by atoms with Gasteiger partial charge in [0.2, 0.25) is 5.91 Å². The van der Waals surface area contributed by atoms with E-state index < -0.39 is 0 Å². The van der Waals surface area contributed by atoms with Gasteiger partial charge in [-0.1, -0.05) is 0 Å². The summed E-state index contributed by atoms with van der Waals surface area (Å²) in [6.45, 7) is 3.81. The van der Waals surface area contributed by atoms with Crippen LogP contribution in [0.3, 0.4) is 0 Å². The first-order valence-corrected chi connectivity index (χ1v) is 7.40. The molecule has 0 fully saturated rings. The number of hydrogen-bond donors (Lipinski definition) is 0. The number of furan rings is 1. The summed E-state index contributed by atoms with van der Waals surface area (Å²) in [7, 11) is 1.64. The van der Waals surface area contributed by atoms with Gasteiger partial charge >= 0.3 is 0 Å². The smallest absolute Gasteiger partial charge is 0.230 e. The van der Waals surface area contributed by atoms with Gasteiger partial charge in [-0.2, -0.15) is 0 Å². The van der Waals surface area contributed by atoms with Crippen LogP contribution in [0.5, 0.6) is 0 Å². The number of carbonyl (C=O) groups is 1. The van der Waals surface area contributed by atoms with Gasteiger partial charge in [-0.25, -0.2) is 0 Å². The third-order valence-corrected chi connectivity index (χ3v) is 3.98. The van der Waals surface area contributed by atoms with E-state index in [4.69, 9.17) is 9.15 Å². The third kappa shape index (κ3) is 2.89. The zero-order valence-electron chi connectivity index (χ0n) is 12.9. The minimum absolute atomic E-state index is 0.0782. The maximum absolute atomic E-state index is 12.5. The SMILES string of the molecule is COCc1nnc2n1CCN(C(=O)Cc1ccco1)[C@H](C)C2. The van der Waals surface area contributed by atoms with Crippen LogP contribution in [-0.4, -0.2) is 45.3 Å². The number of hydrogen-bond acceptors (Lipinski definition) is 5. The molecule has 3 rings (SSSR count). The molecule has 2 aromatic heterocycles. The van der Waals surface area contributed by atoms with Crippen molar-refractivity contribution in [1.82, 2.24) is 19.7 Å². The molecule has 0 radical (unpaired) electrons. The van der Waals surface area contributed by atoms with Gasteiger partial charge in [0.1, 0.15) is 18.2 Å². The fourth-order valence-corrected chi connectivity index (χ4v) is 2.85. The summed E-state index contributed by atoms with van der Waals surface area (Å²) in [4.78, 5) is 14.4. The molecule has 0 spiro atoms. The molecule has 1 atom stereocenters. The van der Waals surface area contributed by atoms with E-state index in [1.807, 2.05) is 17.9 Å². The minimum Gasteiger partial charge on any atom is -0.469 e.